The highest BCUT2D eigenvalue weighted by atomic mass is 16.5. The van der Waals surface area contributed by atoms with E-state index in [9.17, 15) is 15.0 Å². The number of esters is 1. The largest absolute Gasteiger partial charge is 0.508 e. The molecule has 0 saturated heterocycles. The minimum absolute atomic E-state index is 0.0895. The van der Waals surface area contributed by atoms with Gasteiger partial charge in [-0.3, -0.25) is 4.79 Å². The van der Waals surface area contributed by atoms with Crippen molar-refractivity contribution >= 4 is 5.97 Å². The van der Waals surface area contributed by atoms with Crippen LogP contribution < -0.4 is 0 Å². The van der Waals surface area contributed by atoms with E-state index in [0.717, 1.165) is 12.0 Å². The summed E-state index contributed by atoms with van der Waals surface area (Å²) in [5.74, 6) is -0.00316. The molecule has 0 radical (unpaired) electrons. The quantitative estimate of drug-likeness (QED) is 0.804. The first-order chi connectivity index (χ1) is 8.79. The average molecular weight is 266 g/mol. The molecule has 0 amide bonds. The van der Waals surface area contributed by atoms with Crippen LogP contribution >= 0.6 is 0 Å². The highest BCUT2D eigenvalue weighted by Gasteiger charge is 2.25. The molecule has 0 heterocycles. The normalized spacial score (nSPS) is 11.4. The van der Waals surface area contributed by atoms with Gasteiger partial charge in [0, 0.05) is 17.5 Å². The smallest absolute Gasteiger partial charge is 0.305 e. The molecule has 0 bridgehead atoms. The van der Waals surface area contributed by atoms with Crippen molar-refractivity contribution in [3.63, 3.8) is 0 Å². The van der Waals surface area contributed by atoms with Crippen molar-refractivity contribution in [2.24, 2.45) is 0 Å². The molecule has 0 aliphatic heterocycles. The van der Waals surface area contributed by atoms with E-state index < -0.39 is 0 Å². The van der Waals surface area contributed by atoms with E-state index in [1.165, 1.54) is 7.11 Å². The summed E-state index contributed by atoms with van der Waals surface area (Å²) in [6, 6.07) is 3.32. The molecular formula is C15H22O4. The fourth-order valence-corrected chi connectivity index (χ4v) is 2.15. The molecule has 0 aromatic heterocycles. The molecule has 1 rings (SSSR count). The first-order valence-corrected chi connectivity index (χ1v) is 6.38. The predicted molar refractivity (Wildman–Crippen MR) is 73.4 cm³/mol. The van der Waals surface area contributed by atoms with Crippen LogP contribution in [0.5, 0.6) is 11.5 Å². The van der Waals surface area contributed by atoms with Crippen LogP contribution in [-0.4, -0.2) is 23.3 Å². The number of carbonyl (C=O) groups excluding carboxylic acids is 1. The zero-order valence-corrected chi connectivity index (χ0v) is 12.0. The zero-order chi connectivity index (χ0) is 14.6. The maximum atomic E-state index is 11.1. The molecule has 4 heteroatoms. The van der Waals surface area contributed by atoms with Crippen molar-refractivity contribution in [2.45, 2.75) is 45.4 Å². The van der Waals surface area contributed by atoms with E-state index >= 15 is 0 Å². The molecule has 1 aromatic carbocycles. The van der Waals surface area contributed by atoms with Gasteiger partial charge in [-0.1, -0.05) is 19.9 Å². The third-order valence-electron chi connectivity index (χ3n) is 3.54. The second-order valence-corrected chi connectivity index (χ2v) is 5.42. The van der Waals surface area contributed by atoms with Gasteiger partial charge in [-0.2, -0.15) is 0 Å². The Balaban J connectivity index is 2.82. The molecule has 0 fully saturated rings. The molecule has 0 spiro atoms. The molecule has 4 nitrogen and oxygen atoms in total. The lowest BCUT2D eigenvalue weighted by Gasteiger charge is -2.27. The van der Waals surface area contributed by atoms with Gasteiger partial charge in [0.05, 0.1) is 7.11 Å². The van der Waals surface area contributed by atoms with E-state index in [4.69, 9.17) is 0 Å². The fourth-order valence-electron chi connectivity index (χ4n) is 2.15. The van der Waals surface area contributed by atoms with Crippen LogP contribution in [0.4, 0.5) is 0 Å². The number of aromatic hydroxyl groups is 2. The summed E-state index contributed by atoms with van der Waals surface area (Å²) in [4.78, 5) is 11.1. The Morgan fingerprint density at radius 3 is 2.53 bits per heavy atom. The minimum atomic E-state index is -0.267. The monoisotopic (exact) mass is 266 g/mol. The second-order valence-electron chi connectivity index (χ2n) is 5.42. The van der Waals surface area contributed by atoms with E-state index in [1.807, 2.05) is 13.8 Å². The van der Waals surface area contributed by atoms with Crippen molar-refractivity contribution < 1.29 is 19.7 Å². The third kappa shape index (κ3) is 3.63. The van der Waals surface area contributed by atoms with Crippen LogP contribution in [0.15, 0.2) is 12.1 Å². The number of rotatable bonds is 5. The Morgan fingerprint density at radius 2 is 1.95 bits per heavy atom. The molecule has 1 aromatic rings. The van der Waals surface area contributed by atoms with E-state index in [-0.39, 0.29) is 22.9 Å². The van der Waals surface area contributed by atoms with Gasteiger partial charge in [0.25, 0.3) is 0 Å². The Kier molecular flexibility index (Phi) is 4.81. The fraction of sp³-hybridized carbons (Fsp3) is 0.533. The number of methoxy groups -OCH3 is 1. The van der Waals surface area contributed by atoms with Gasteiger partial charge in [0.1, 0.15) is 11.5 Å². The van der Waals surface area contributed by atoms with Crippen LogP contribution in [-0.2, 0) is 14.9 Å². The summed E-state index contributed by atoms with van der Waals surface area (Å²) in [6.07, 6.45) is 1.82. The lowest BCUT2D eigenvalue weighted by molar-refractivity contribution is -0.140. The Bertz CT molecular complexity index is 463. The van der Waals surface area contributed by atoms with Crippen molar-refractivity contribution in [1.82, 2.24) is 0 Å². The number of ether oxygens (including phenoxy) is 1. The number of phenolic OH excluding ortho intramolecular Hbond substituents is 2. The van der Waals surface area contributed by atoms with Gasteiger partial charge in [-0.25, -0.2) is 0 Å². The summed E-state index contributed by atoms with van der Waals surface area (Å²) in [5, 5.41) is 19.7. The predicted octanol–water partition coefficient (Wildman–Crippen LogP) is 3.03. The van der Waals surface area contributed by atoms with Crippen molar-refractivity contribution in [3.05, 3.63) is 23.3 Å². The average Bonchev–Trinajstić information content (AvgIpc) is 2.35. The van der Waals surface area contributed by atoms with E-state index in [2.05, 4.69) is 4.74 Å². The Morgan fingerprint density at radius 1 is 1.32 bits per heavy atom. The SMILES string of the molecule is COC(=O)CCCC(C)(C)c1ccc(O)c(C)c1O. The summed E-state index contributed by atoms with van der Waals surface area (Å²) >= 11 is 0. The van der Waals surface area contributed by atoms with Gasteiger partial charge < -0.3 is 14.9 Å². The van der Waals surface area contributed by atoms with Crippen LogP contribution in [0.2, 0.25) is 0 Å². The molecule has 106 valence electrons. The van der Waals surface area contributed by atoms with Gasteiger partial charge >= 0.3 is 5.97 Å². The number of carbonyl (C=O) groups is 1. The topological polar surface area (TPSA) is 66.8 Å². The summed E-state index contributed by atoms with van der Waals surface area (Å²) in [7, 11) is 1.38. The van der Waals surface area contributed by atoms with Gasteiger partial charge in [-0.05, 0) is 31.2 Å². The number of hydrogen-bond donors (Lipinski definition) is 2. The lowest BCUT2D eigenvalue weighted by Crippen LogP contribution is -2.18. The number of hydrogen-bond acceptors (Lipinski definition) is 4. The lowest BCUT2D eigenvalue weighted by atomic mass is 9.79. The van der Waals surface area contributed by atoms with Crippen LogP contribution in [0.1, 0.15) is 44.2 Å². The van der Waals surface area contributed by atoms with Crippen LogP contribution in [0.3, 0.4) is 0 Å². The zero-order valence-electron chi connectivity index (χ0n) is 12.0. The maximum Gasteiger partial charge on any atom is 0.305 e. The molecule has 0 aliphatic rings. The summed E-state index contributed by atoms with van der Waals surface area (Å²) in [5.41, 5.74) is 1.00. The first kappa shape index (κ1) is 15.3. The molecule has 0 aliphatic carbocycles. The van der Waals surface area contributed by atoms with Crippen LogP contribution in [0, 0.1) is 6.92 Å². The van der Waals surface area contributed by atoms with Gasteiger partial charge in [0.2, 0.25) is 0 Å². The first-order valence-electron chi connectivity index (χ1n) is 6.38. The van der Waals surface area contributed by atoms with Gasteiger partial charge in [0.15, 0.2) is 0 Å². The Hall–Kier alpha value is -1.71. The molecule has 0 atom stereocenters. The molecule has 19 heavy (non-hydrogen) atoms. The van der Waals surface area contributed by atoms with Gasteiger partial charge in [-0.15, -0.1) is 0 Å². The second kappa shape index (κ2) is 5.95. The number of phenols is 2. The van der Waals surface area contributed by atoms with E-state index in [1.54, 1.807) is 19.1 Å². The Labute approximate surface area is 114 Å². The highest BCUT2D eigenvalue weighted by molar-refractivity contribution is 5.69. The van der Waals surface area contributed by atoms with Crippen molar-refractivity contribution in [3.8, 4) is 11.5 Å². The van der Waals surface area contributed by atoms with Crippen LogP contribution in [0.25, 0.3) is 0 Å². The van der Waals surface area contributed by atoms with E-state index in [0.29, 0.717) is 18.4 Å². The number of benzene rings is 1. The minimum Gasteiger partial charge on any atom is -0.508 e. The molecular weight excluding hydrogens is 244 g/mol. The highest BCUT2D eigenvalue weighted by Crippen LogP contribution is 2.39. The standard InChI is InChI=1S/C15H22O4/c1-10-12(16)8-7-11(14(10)18)15(2,3)9-5-6-13(17)19-4/h7-8,16,18H,5-6,9H2,1-4H3. The third-order valence-corrected chi connectivity index (χ3v) is 3.54. The summed E-state index contributed by atoms with van der Waals surface area (Å²) in [6.45, 7) is 5.70. The van der Waals surface area contributed by atoms with Crippen molar-refractivity contribution in [1.29, 1.82) is 0 Å². The molecule has 0 saturated carbocycles. The molecule has 2 N–H and O–H groups in total. The van der Waals surface area contributed by atoms with Crippen molar-refractivity contribution in [2.75, 3.05) is 7.11 Å². The molecule has 0 unspecified atom stereocenters. The summed E-state index contributed by atoms with van der Waals surface area (Å²) < 4.78 is 4.61. The maximum absolute atomic E-state index is 11.1.